The minimum absolute atomic E-state index is 0.363. The summed E-state index contributed by atoms with van der Waals surface area (Å²) in [7, 11) is 0. The summed E-state index contributed by atoms with van der Waals surface area (Å²) in [5.41, 5.74) is 4.91. The van der Waals surface area contributed by atoms with E-state index in [-0.39, 0.29) is 0 Å². The van der Waals surface area contributed by atoms with Crippen LogP contribution < -0.4 is 0 Å². The number of hydrogen-bond donors (Lipinski definition) is 0. The Kier molecular flexibility index (Phi) is 2.57. The maximum Gasteiger partial charge on any atom is -0.0131 e. The van der Waals surface area contributed by atoms with Crippen molar-refractivity contribution in [3.05, 3.63) is 0 Å². The minimum Gasteiger partial charge on any atom is -0.0617 e. The molecular weight excluding hydrogens is 360 g/mol. The van der Waals surface area contributed by atoms with Gasteiger partial charge in [0.2, 0.25) is 0 Å². The Morgan fingerprint density at radius 3 is 0.733 bits per heavy atom. The van der Waals surface area contributed by atoms with Gasteiger partial charge in [0.05, 0.1) is 0 Å². The summed E-state index contributed by atoms with van der Waals surface area (Å²) < 4.78 is 0. The number of rotatable bonds is 0. The lowest BCUT2D eigenvalue weighted by molar-refractivity contribution is -0.736. The molecule has 6 aliphatic carbocycles. The Bertz CT molecular complexity index is 895. The normalized spacial score (nSPS) is 79.2. The van der Waals surface area contributed by atoms with Gasteiger partial charge >= 0.3 is 0 Å². The maximum absolute atomic E-state index is 2.78. The van der Waals surface area contributed by atoms with Crippen molar-refractivity contribution in [3.63, 3.8) is 0 Å². The van der Waals surface area contributed by atoms with E-state index in [1.165, 1.54) is 0 Å². The predicted octanol–water partition coefficient (Wildman–Crippen LogP) is 8.46. The van der Waals surface area contributed by atoms with Gasteiger partial charge in [-0.15, -0.1) is 0 Å². The third kappa shape index (κ3) is 0.797. The molecule has 30 heavy (non-hydrogen) atoms. The van der Waals surface area contributed by atoms with E-state index in [9.17, 15) is 0 Å². The van der Waals surface area contributed by atoms with Gasteiger partial charge in [-0.05, 0) is 76.8 Å². The van der Waals surface area contributed by atoms with Crippen LogP contribution in [0, 0.1) is 76.8 Å². The van der Waals surface area contributed by atoms with E-state index in [0.717, 1.165) is 11.8 Å². The van der Waals surface area contributed by atoms with E-state index in [2.05, 4.69) is 111 Å². The molecule has 0 spiro atoms. The van der Waals surface area contributed by atoms with Crippen molar-refractivity contribution in [1.29, 1.82) is 0 Å². The highest BCUT2D eigenvalue weighted by atomic mass is 15.2. The Morgan fingerprint density at radius 2 is 0.500 bits per heavy atom. The lowest BCUT2D eigenvalue weighted by Crippen LogP contribution is -3.16. The van der Waals surface area contributed by atoms with Gasteiger partial charge in [0.25, 0.3) is 0 Å². The summed E-state index contributed by atoms with van der Waals surface area (Å²) in [6, 6.07) is 0. The van der Waals surface area contributed by atoms with Crippen molar-refractivity contribution in [2.24, 2.45) is 76.8 Å². The first kappa shape index (κ1) is 20.6. The molecule has 12 atom stereocenters. The molecule has 12 unspecified atom stereocenters. The van der Waals surface area contributed by atoms with E-state index in [4.69, 9.17) is 0 Å². The van der Waals surface area contributed by atoms with Crippen LogP contribution in [0.1, 0.15) is 111 Å². The average molecular weight is 411 g/mol. The molecule has 0 heteroatoms. The zero-order valence-electron chi connectivity index (χ0n) is 23.2. The lowest BCUT2D eigenvalue weighted by Gasteiger charge is -3.19. The molecule has 0 nitrogen and oxygen atoms in total. The van der Waals surface area contributed by atoms with Gasteiger partial charge < -0.3 is 0 Å². The highest BCUT2D eigenvalue weighted by Gasteiger charge is 3.18. The predicted molar refractivity (Wildman–Crippen MR) is 127 cm³/mol. The van der Waals surface area contributed by atoms with Gasteiger partial charge in [0.1, 0.15) is 0 Å². The fourth-order valence-electron chi connectivity index (χ4n) is 17.3. The molecule has 6 aliphatic rings. The molecule has 0 N–H and O–H groups in total. The molecule has 0 saturated heterocycles. The van der Waals surface area contributed by atoms with Crippen LogP contribution in [0.2, 0.25) is 0 Å². The highest BCUT2D eigenvalue weighted by molar-refractivity contribution is 5.63. The molecule has 0 amide bonds. The monoisotopic (exact) mass is 410 g/mol. The van der Waals surface area contributed by atoms with Crippen molar-refractivity contribution >= 4 is 0 Å². The SMILES string of the molecule is CC1C(C)C2(C)C1(C)C1(C)C2(C)C2(C)C3(C)C4(C)C(C)(C)C(C)(C)C4(C)C3(C)C12C. The van der Waals surface area contributed by atoms with Crippen molar-refractivity contribution in [3.8, 4) is 0 Å². The molecule has 0 radical (unpaired) electrons. The number of fused-ring (bicyclic) bond motifs is 13. The lowest BCUT2D eigenvalue weighted by atomic mass is 8.84. The standard InChI is InChI=1S/C30H50/c1-17-18(2)22(8)21(17,7)25(11)26(22,12)30(16)28(14)24(10)20(5,6)19(3,4)23(24,9)27(28,13)29(25,30)15/h17-18H,1-16H3. The van der Waals surface area contributed by atoms with E-state index < -0.39 is 0 Å². The average Bonchev–Trinajstić information content (AvgIpc) is 2.70. The second kappa shape index (κ2) is 3.74. The molecule has 6 fully saturated rings. The molecule has 0 heterocycles. The molecular formula is C30H50. The second-order valence-corrected chi connectivity index (χ2v) is 16.2. The van der Waals surface area contributed by atoms with Gasteiger partial charge in [-0.1, -0.05) is 111 Å². The van der Waals surface area contributed by atoms with Crippen LogP contribution >= 0.6 is 0 Å². The molecule has 0 bridgehead atoms. The van der Waals surface area contributed by atoms with Gasteiger partial charge in [-0.3, -0.25) is 0 Å². The van der Waals surface area contributed by atoms with Crippen LogP contribution in [0.5, 0.6) is 0 Å². The Balaban J connectivity index is 1.68. The van der Waals surface area contributed by atoms with Gasteiger partial charge in [-0.2, -0.15) is 0 Å². The van der Waals surface area contributed by atoms with Crippen LogP contribution in [0.4, 0.5) is 0 Å². The third-order valence-corrected chi connectivity index (χ3v) is 19.8. The maximum atomic E-state index is 2.78. The van der Waals surface area contributed by atoms with Crippen LogP contribution in [0.3, 0.4) is 0 Å². The van der Waals surface area contributed by atoms with E-state index in [0.29, 0.717) is 65.0 Å². The van der Waals surface area contributed by atoms with Crippen molar-refractivity contribution < 1.29 is 0 Å². The first-order valence-electron chi connectivity index (χ1n) is 13.1. The molecule has 6 saturated carbocycles. The zero-order chi connectivity index (χ0) is 23.2. The summed E-state index contributed by atoms with van der Waals surface area (Å²) in [4.78, 5) is 0. The summed E-state index contributed by atoms with van der Waals surface area (Å²) in [6.07, 6.45) is 0. The van der Waals surface area contributed by atoms with E-state index in [1.807, 2.05) is 0 Å². The number of hydrogen-bond acceptors (Lipinski definition) is 0. The van der Waals surface area contributed by atoms with Crippen LogP contribution in [-0.4, -0.2) is 0 Å². The molecule has 0 aromatic heterocycles. The first-order valence-corrected chi connectivity index (χ1v) is 13.1. The molecule has 0 aromatic rings. The fourth-order valence-corrected chi connectivity index (χ4v) is 17.3. The molecule has 0 aliphatic heterocycles. The smallest absolute Gasteiger partial charge is 0.0131 e. The van der Waals surface area contributed by atoms with Gasteiger partial charge in [-0.25, -0.2) is 0 Å². The summed E-state index contributed by atoms with van der Waals surface area (Å²) in [5, 5.41) is 0. The van der Waals surface area contributed by atoms with Crippen LogP contribution in [0.15, 0.2) is 0 Å². The second-order valence-electron chi connectivity index (χ2n) is 16.2. The highest BCUT2D eigenvalue weighted by Crippen LogP contribution is 3.21. The van der Waals surface area contributed by atoms with E-state index in [1.54, 1.807) is 0 Å². The van der Waals surface area contributed by atoms with Gasteiger partial charge in [0, 0.05) is 0 Å². The van der Waals surface area contributed by atoms with Crippen LogP contribution in [-0.2, 0) is 0 Å². The molecule has 0 aromatic carbocycles. The van der Waals surface area contributed by atoms with Crippen molar-refractivity contribution in [2.75, 3.05) is 0 Å². The third-order valence-electron chi connectivity index (χ3n) is 19.8. The summed E-state index contributed by atoms with van der Waals surface area (Å²) >= 11 is 0. The Morgan fingerprint density at radius 1 is 0.300 bits per heavy atom. The van der Waals surface area contributed by atoms with Gasteiger partial charge in [0.15, 0.2) is 0 Å². The van der Waals surface area contributed by atoms with E-state index >= 15 is 0 Å². The molecule has 6 rings (SSSR count). The quantitative estimate of drug-likeness (QED) is 0.351. The van der Waals surface area contributed by atoms with Crippen LogP contribution in [0.25, 0.3) is 0 Å². The minimum atomic E-state index is 0.363. The zero-order valence-corrected chi connectivity index (χ0v) is 23.2. The fraction of sp³-hybridized carbons (Fsp3) is 1.00. The first-order chi connectivity index (χ1) is 13.1. The molecule has 170 valence electrons. The topological polar surface area (TPSA) is 0 Å². The van der Waals surface area contributed by atoms with Crippen molar-refractivity contribution in [2.45, 2.75) is 111 Å². The Hall–Kier alpha value is 0. The Labute approximate surface area is 187 Å². The van der Waals surface area contributed by atoms with Crippen molar-refractivity contribution in [1.82, 2.24) is 0 Å². The largest absolute Gasteiger partial charge is 0.0617 e. The summed E-state index contributed by atoms with van der Waals surface area (Å²) in [5.74, 6) is 1.67. The summed E-state index contributed by atoms with van der Waals surface area (Å²) in [6.45, 7) is 43.1.